The lowest BCUT2D eigenvalue weighted by molar-refractivity contribution is -0.143. The second-order valence-electron chi connectivity index (χ2n) is 5.71. The van der Waals surface area contributed by atoms with Crippen molar-refractivity contribution < 1.29 is 32.6 Å². The smallest absolute Gasteiger partial charge is 0.417 e. The maximum Gasteiger partial charge on any atom is 0.417 e. The van der Waals surface area contributed by atoms with Crippen LogP contribution >= 0.6 is 11.6 Å². The fraction of sp³-hybridized carbons (Fsp3) is 0.533. The molecule has 2 amide bonds. The lowest BCUT2D eigenvalue weighted by atomic mass is 9.99. The molecule has 1 aliphatic heterocycles. The Balaban J connectivity index is 1.78. The second-order valence-corrected chi connectivity index (χ2v) is 6.12. The number of carboxylic acid groups (broad SMARTS) is 1. The number of piperidine rings is 1. The van der Waals surface area contributed by atoms with Crippen molar-refractivity contribution in [2.24, 2.45) is 5.92 Å². The first-order chi connectivity index (χ1) is 12.2. The van der Waals surface area contributed by atoms with Gasteiger partial charge in [-0.3, -0.25) is 4.79 Å². The van der Waals surface area contributed by atoms with E-state index in [-0.39, 0.29) is 30.6 Å². The average Bonchev–Trinajstić information content (AvgIpc) is 2.58. The molecule has 1 saturated heterocycles. The van der Waals surface area contributed by atoms with Crippen LogP contribution in [0.3, 0.4) is 0 Å². The van der Waals surface area contributed by atoms with Crippen LogP contribution in [0.4, 0.5) is 18.0 Å². The highest BCUT2D eigenvalue weighted by atomic mass is 35.5. The molecule has 1 aromatic heterocycles. The number of nitrogens with one attached hydrogen (secondary N) is 1. The van der Waals surface area contributed by atoms with Gasteiger partial charge in [-0.15, -0.1) is 0 Å². The van der Waals surface area contributed by atoms with Crippen molar-refractivity contribution in [2.75, 3.05) is 26.2 Å². The van der Waals surface area contributed by atoms with Crippen LogP contribution in [0.2, 0.25) is 5.02 Å². The summed E-state index contributed by atoms with van der Waals surface area (Å²) in [5, 5.41) is 11.3. The Bertz CT molecular complexity index is 672. The minimum Gasteiger partial charge on any atom is -0.481 e. The van der Waals surface area contributed by atoms with E-state index in [0.29, 0.717) is 31.6 Å². The molecule has 2 rings (SSSR count). The molecule has 11 heteroatoms. The van der Waals surface area contributed by atoms with Gasteiger partial charge in [-0.1, -0.05) is 11.6 Å². The number of carbonyl (C=O) groups excluding carboxylic acids is 1. The van der Waals surface area contributed by atoms with Gasteiger partial charge in [-0.25, -0.2) is 9.78 Å². The molecule has 1 fully saturated rings. The average molecular weight is 396 g/mol. The molecule has 0 radical (unpaired) electrons. The minimum atomic E-state index is -4.55. The monoisotopic (exact) mass is 395 g/mol. The van der Waals surface area contributed by atoms with Gasteiger partial charge in [0.25, 0.3) is 0 Å². The van der Waals surface area contributed by atoms with E-state index >= 15 is 0 Å². The van der Waals surface area contributed by atoms with Crippen molar-refractivity contribution in [3.63, 3.8) is 0 Å². The number of amides is 2. The molecule has 2 heterocycles. The highest BCUT2D eigenvalue weighted by molar-refractivity contribution is 6.31. The number of nitrogens with zero attached hydrogens (tertiary/aromatic N) is 2. The highest BCUT2D eigenvalue weighted by Gasteiger charge is 2.32. The Morgan fingerprint density at radius 3 is 2.81 bits per heavy atom. The van der Waals surface area contributed by atoms with Crippen LogP contribution in [0.5, 0.6) is 5.88 Å². The van der Waals surface area contributed by atoms with Crippen LogP contribution in [-0.2, 0) is 11.0 Å². The van der Waals surface area contributed by atoms with E-state index in [1.807, 2.05) is 0 Å². The molecule has 1 aliphatic rings. The van der Waals surface area contributed by atoms with Gasteiger partial charge < -0.3 is 20.1 Å². The number of hydrogen-bond donors (Lipinski definition) is 2. The SMILES string of the molecule is O=C(O)C1CCCN(C(=O)NCCOc2ncc(C(F)(F)F)cc2Cl)C1. The number of pyridine rings is 1. The maximum absolute atomic E-state index is 12.5. The lowest BCUT2D eigenvalue weighted by Gasteiger charge is -2.30. The number of aromatic nitrogens is 1. The molecule has 144 valence electrons. The summed E-state index contributed by atoms with van der Waals surface area (Å²) >= 11 is 5.71. The largest absolute Gasteiger partial charge is 0.481 e. The number of ether oxygens (including phenoxy) is 1. The van der Waals surface area contributed by atoms with Gasteiger partial charge in [0.05, 0.1) is 18.0 Å². The third-order valence-electron chi connectivity index (χ3n) is 3.81. The van der Waals surface area contributed by atoms with E-state index in [0.717, 1.165) is 0 Å². The number of carboxylic acids is 1. The molecule has 0 aromatic carbocycles. The summed E-state index contributed by atoms with van der Waals surface area (Å²) < 4.78 is 42.7. The Kier molecular flexibility index (Phi) is 6.52. The zero-order chi connectivity index (χ0) is 19.3. The summed E-state index contributed by atoms with van der Waals surface area (Å²) in [5.41, 5.74) is -0.985. The number of rotatable bonds is 5. The van der Waals surface area contributed by atoms with E-state index in [1.165, 1.54) is 4.90 Å². The van der Waals surface area contributed by atoms with Crippen molar-refractivity contribution in [1.29, 1.82) is 0 Å². The van der Waals surface area contributed by atoms with E-state index in [9.17, 15) is 22.8 Å². The quantitative estimate of drug-likeness (QED) is 0.748. The van der Waals surface area contributed by atoms with Crippen LogP contribution in [0, 0.1) is 5.92 Å². The first kappa shape index (κ1) is 20.1. The van der Waals surface area contributed by atoms with Crippen molar-refractivity contribution in [3.8, 4) is 5.88 Å². The number of likely N-dealkylation sites (tertiary alicyclic amines) is 1. The molecular formula is C15H17ClF3N3O4. The Hall–Kier alpha value is -2.23. The highest BCUT2D eigenvalue weighted by Crippen LogP contribution is 2.33. The van der Waals surface area contributed by atoms with Crippen LogP contribution < -0.4 is 10.1 Å². The van der Waals surface area contributed by atoms with E-state index in [1.54, 1.807) is 0 Å². The molecule has 7 nitrogen and oxygen atoms in total. The summed E-state index contributed by atoms with van der Waals surface area (Å²) in [4.78, 5) is 27.9. The zero-order valence-corrected chi connectivity index (χ0v) is 14.3. The van der Waals surface area contributed by atoms with Crippen LogP contribution in [0.25, 0.3) is 0 Å². The first-order valence-corrected chi connectivity index (χ1v) is 8.17. The summed E-state index contributed by atoms with van der Waals surface area (Å²) in [6.45, 7) is 0.600. The number of urea groups is 1. The van der Waals surface area contributed by atoms with E-state index in [2.05, 4.69) is 10.3 Å². The zero-order valence-electron chi connectivity index (χ0n) is 13.6. The molecule has 26 heavy (non-hydrogen) atoms. The third kappa shape index (κ3) is 5.38. The second kappa shape index (κ2) is 8.43. The van der Waals surface area contributed by atoms with Gasteiger partial charge in [-0.2, -0.15) is 13.2 Å². The number of alkyl halides is 3. The number of halogens is 4. The van der Waals surface area contributed by atoms with Crippen LogP contribution in [0.15, 0.2) is 12.3 Å². The van der Waals surface area contributed by atoms with Gasteiger partial charge in [0.15, 0.2) is 0 Å². The summed E-state index contributed by atoms with van der Waals surface area (Å²) in [5.74, 6) is -1.69. The molecule has 0 bridgehead atoms. The van der Waals surface area contributed by atoms with Crippen LogP contribution in [0.1, 0.15) is 18.4 Å². The van der Waals surface area contributed by atoms with Gasteiger partial charge in [0.2, 0.25) is 5.88 Å². The Morgan fingerprint density at radius 1 is 1.46 bits per heavy atom. The maximum atomic E-state index is 12.5. The van der Waals surface area contributed by atoms with Gasteiger partial charge in [-0.05, 0) is 18.9 Å². The van der Waals surface area contributed by atoms with Gasteiger partial charge in [0, 0.05) is 19.3 Å². The predicted octanol–water partition coefficient (Wildman–Crippen LogP) is 2.64. The lowest BCUT2D eigenvalue weighted by Crippen LogP contribution is -2.47. The molecule has 1 aromatic rings. The summed E-state index contributed by atoms with van der Waals surface area (Å²) in [6.07, 6.45) is -2.81. The molecule has 0 saturated carbocycles. The standard InChI is InChI=1S/C15H17ClF3N3O4/c16-11-6-10(15(17,18)19)7-21-12(11)26-5-3-20-14(25)22-4-1-2-9(8-22)13(23)24/h6-7,9H,1-5,8H2,(H,20,25)(H,23,24). The van der Waals surface area contributed by atoms with Crippen molar-refractivity contribution in [2.45, 2.75) is 19.0 Å². The molecule has 2 N–H and O–H groups in total. The van der Waals surface area contributed by atoms with Gasteiger partial charge in [0.1, 0.15) is 11.6 Å². The fourth-order valence-corrected chi connectivity index (χ4v) is 2.69. The molecular weight excluding hydrogens is 379 g/mol. The molecule has 0 aliphatic carbocycles. The summed E-state index contributed by atoms with van der Waals surface area (Å²) in [6, 6.07) is 0.286. The summed E-state index contributed by atoms with van der Waals surface area (Å²) in [7, 11) is 0. The molecule has 1 unspecified atom stereocenters. The fourth-order valence-electron chi connectivity index (χ4n) is 2.47. The Morgan fingerprint density at radius 2 is 2.19 bits per heavy atom. The van der Waals surface area contributed by atoms with Crippen molar-refractivity contribution in [3.05, 3.63) is 22.8 Å². The minimum absolute atomic E-state index is 0.0555. The van der Waals surface area contributed by atoms with Crippen molar-refractivity contribution >= 4 is 23.6 Å². The van der Waals surface area contributed by atoms with Crippen molar-refractivity contribution in [1.82, 2.24) is 15.2 Å². The molecule has 1 atom stereocenters. The normalized spacial score (nSPS) is 17.7. The molecule has 0 spiro atoms. The van der Waals surface area contributed by atoms with Gasteiger partial charge >= 0.3 is 18.2 Å². The number of hydrogen-bond acceptors (Lipinski definition) is 4. The van der Waals surface area contributed by atoms with Crippen LogP contribution in [-0.4, -0.2) is 53.2 Å². The predicted molar refractivity (Wildman–Crippen MR) is 85.1 cm³/mol. The first-order valence-electron chi connectivity index (χ1n) is 7.79. The van der Waals surface area contributed by atoms with E-state index in [4.69, 9.17) is 21.4 Å². The topological polar surface area (TPSA) is 91.8 Å². The number of carbonyl (C=O) groups is 2. The van der Waals surface area contributed by atoms with E-state index < -0.39 is 29.7 Å². The third-order valence-corrected chi connectivity index (χ3v) is 4.08. The number of aliphatic carboxylic acids is 1. The Labute approximate surface area is 152 Å².